The second-order valence-electron chi connectivity index (χ2n) is 6.74. The Morgan fingerprint density at radius 3 is 2.29 bits per heavy atom. The highest BCUT2D eigenvalue weighted by Crippen LogP contribution is 2.25. The van der Waals surface area contributed by atoms with E-state index in [1.165, 1.54) is 17.7 Å². The Bertz CT molecular complexity index is 896. The molecule has 1 amide bonds. The van der Waals surface area contributed by atoms with Crippen LogP contribution in [0.3, 0.4) is 0 Å². The lowest BCUT2D eigenvalue weighted by Crippen LogP contribution is -2.48. The van der Waals surface area contributed by atoms with Gasteiger partial charge >= 0.3 is 0 Å². The molecule has 1 unspecified atom stereocenters. The molecule has 5 nitrogen and oxygen atoms in total. The number of hydrogen-bond donors (Lipinski definition) is 1. The van der Waals surface area contributed by atoms with Crippen LogP contribution in [0.25, 0.3) is 0 Å². The van der Waals surface area contributed by atoms with Crippen LogP contribution in [0.2, 0.25) is 0 Å². The van der Waals surface area contributed by atoms with E-state index in [2.05, 4.69) is 36.5 Å². The molecule has 0 spiro atoms. The predicted octanol–water partition coefficient (Wildman–Crippen LogP) is 3.25. The first-order chi connectivity index (χ1) is 13.0. The summed E-state index contributed by atoms with van der Waals surface area (Å²) in [7, 11) is -3.26. The zero-order valence-electron chi connectivity index (χ0n) is 16.2. The lowest BCUT2D eigenvalue weighted by molar-refractivity contribution is 0.0634. The van der Waals surface area contributed by atoms with Crippen molar-refractivity contribution < 1.29 is 13.2 Å². The topological polar surface area (TPSA) is 66.5 Å². The molecule has 1 aliphatic rings. The van der Waals surface area contributed by atoms with Gasteiger partial charge in [-0.1, -0.05) is 38.1 Å². The van der Waals surface area contributed by atoms with Gasteiger partial charge in [-0.25, -0.2) is 8.42 Å². The Hall–Kier alpha value is -1.89. The van der Waals surface area contributed by atoms with Crippen molar-refractivity contribution in [3.05, 3.63) is 65.2 Å². The minimum absolute atomic E-state index is 0. The van der Waals surface area contributed by atoms with E-state index >= 15 is 0 Å². The average Bonchev–Trinajstić information content (AvgIpc) is 2.73. The number of halogens is 1. The summed E-state index contributed by atoms with van der Waals surface area (Å²) >= 11 is 0. The number of carbonyl (C=O) groups excluding carboxylic acids is 1. The molecule has 1 saturated heterocycles. The number of hydrogen-bond acceptors (Lipinski definition) is 4. The Labute approximate surface area is 173 Å². The number of sulfone groups is 1. The van der Waals surface area contributed by atoms with Gasteiger partial charge in [-0.15, -0.1) is 12.4 Å². The summed E-state index contributed by atoms with van der Waals surface area (Å²) in [5, 5.41) is 3.36. The Morgan fingerprint density at radius 2 is 1.71 bits per heavy atom. The van der Waals surface area contributed by atoms with Crippen LogP contribution < -0.4 is 5.32 Å². The molecule has 0 aliphatic carbocycles. The van der Waals surface area contributed by atoms with Gasteiger partial charge in [0.05, 0.1) is 16.7 Å². The second-order valence-corrected chi connectivity index (χ2v) is 9.02. The molecule has 1 fully saturated rings. The molecule has 28 heavy (non-hydrogen) atoms. The van der Waals surface area contributed by atoms with Crippen molar-refractivity contribution >= 4 is 28.2 Å². The number of benzene rings is 2. The molecule has 152 valence electrons. The quantitative estimate of drug-likeness (QED) is 0.803. The van der Waals surface area contributed by atoms with Crippen molar-refractivity contribution in [1.29, 1.82) is 0 Å². The van der Waals surface area contributed by atoms with Gasteiger partial charge in [0.25, 0.3) is 5.91 Å². The van der Waals surface area contributed by atoms with Crippen LogP contribution in [-0.2, 0) is 16.3 Å². The standard InChI is InChI=1S/C21H26N2O3S.ClH/c1-3-16-5-7-17(8-6-16)20-15-22-13-14-23(20)21(24)18-9-11-19(12-10-18)27(25,26)4-2;/h5-12,20,22H,3-4,13-15H2,1-2H3;1H. The van der Waals surface area contributed by atoms with E-state index in [0.29, 0.717) is 18.7 Å². The van der Waals surface area contributed by atoms with Crippen LogP contribution in [-0.4, -0.2) is 44.6 Å². The molecule has 3 rings (SSSR count). The number of nitrogens with one attached hydrogen (secondary N) is 1. The van der Waals surface area contributed by atoms with Crippen molar-refractivity contribution in [3.8, 4) is 0 Å². The highest BCUT2D eigenvalue weighted by Gasteiger charge is 2.28. The van der Waals surface area contributed by atoms with Crippen molar-refractivity contribution in [1.82, 2.24) is 10.2 Å². The van der Waals surface area contributed by atoms with Gasteiger partial charge < -0.3 is 10.2 Å². The Kier molecular flexibility index (Phi) is 7.63. The zero-order chi connectivity index (χ0) is 19.4. The fourth-order valence-corrected chi connectivity index (χ4v) is 4.24. The van der Waals surface area contributed by atoms with Gasteiger partial charge in [0.15, 0.2) is 9.84 Å². The maximum absolute atomic E-state index is 13.1. The first-order valence-electron chi connectivity index (χ1n) is 9.39. The van der Waals surface area contributed by atoms with E-state index in [0.717, 1.165) is 18.5 Å². The van der Waals surface area contributed by atoms with Crippen LogP contribution in [0.4, 0.5) is 0 Å². The zero-order valence-corrected chi connectivity index (χ0v) is 17.9. The maximum Gasteiger partial charge on any atom is 0.254 e. The van der Waals surface area contributed by atoms with Crippen molar-refractivity contribution in [3.63, 3.8) is 0 Å². The predicted molar refractivity (Wildman–Crippen MR) is 114 cm³/mol. The number of aryl methyl sites for hydroxylation is 1. The summed E-state index contributed by atoms with van der Waals surface area (Å²) < 4.78 is 23.9. The van der Waals surface area contributed by atoms with Crippen molar-refractivity contribution in [2.45, 2.75) is 31.2 Å². The molecule has 7 heteroatoms. The summed E-state index contributed by atoms with van der Waals surface area (Å²) in [5.74, 6) is -0.0185. The minimum atomic E-state index is -3.26. The summed E-state index contributed by atoms with van der Waals surface area (Å²) in [6.45, 7) is 5.81. The molecule has 1 N–H and O–H groups in total. The average molecular weight is 423 g/mol. The van der Waals surface area contributed by atoms with Gasteiger partial charge in [0.1, 0.15) is 0 Å². The van der Waals surface area contributed by atoms with E-state index in [-0.39, 0.29) is 35.0 Å². The maximum atomic E-state index is 13.1. The molecule has 2 aromatic carbocycles. The smallest absolute Gasteiger partial charge is 0.254 e. The molecule has 0 saturated carbocycles. The number of nitrogens with zero attached hydrogens (tertiary/aromatic N) is 1. The van der Waals surface area contributed by atoms with Crippen LogP contribution in [0.5, 0.6) is 0 Å². The van der Waals surface area contributed by atoms with E-state index in [9.17, 15) is 13.2 Å². The summed E-state index contributed by atoms with van der Waals surface area (Å²) in [6.07, 6.45) is 0.985. The van der Waals surface area contributed by atoms with Gasteiger partial charge in [-0.3, -0.25) is 4.79 Å². The van der Waals surface area contributed by atoms with Gasteiger partial charge in [0, 0.05) is 25.2 Å². The summed E-state index contributed by atoms with van der Waals surface area (Å²) in [5.41, 5.74) is 2.90. The number of rotatable bonds is 5. The molecule has 0 aromatic heterocycles. The molecular formula is C21H27ClN2O3S. The highest BCUT2D eigenvalue weighted by molar-refractivity contribution is 7.91. The van der Waals surface area contributed by atoms with Gasteiger partial charge in [0.2, 0.25) is 0 Å². The fraction of sp³-hybridized carbons (Fsp3) is 0.381. The van der Waals surface area contributed by atoms with Crippen LogP contribution in [0.15, 0.2) is 53.4 Å². The first kappa shape index (κ1) is 22.4. The molecule has 0 bridgehead atoms. The van der Waals surface area contributed by atoms with Crippen LogP contribution in [0.1, 0.15) is 41.4 Å². The second kappa shape index (κ2) is 9.54. The monoisotopic (exact) mass is 422 g/mol. The largest absolute Gasteiger partial charge is 0.329 e. The van der Waals surface area contributed by atoms with E-state index in [1.54, 1.807) is 19.1 Å². The number of amides is 1. The van der Waals surface area contributed by atoms with Gasteiger partial charge in [-0.2, -0.15) is 0 Å². The minimum Gasteiger partial charge on any atom is -0.329 e. The third-order valence-corrected chi connectivity index (χ3v) is 6.87. The molecular weight excluding hydrogens is 396 g/mol. The summed E-state index contributed by atoms with van der Waals surface area (Å²) in [4.78, 5) is 15.2. The molecule has 0 radical (unpaired) electrons. The van der Waals surface area contributed by atoms with Gasteiger partial charge in [-0.05, 0) is 41.8 Å². The van der Waals surface area contributed by atoms with E-state index in [1.807, 2.05) is 4.90 Å². The molecule has 1 heterocycles. The summed E-state index contributed by atoms with van der Waals surface area (Å²) in [6, 6.07) is 14.7. The van der Waals surface area contributed by atoms with E-state index in [4.69, 9.17) is 0 Å². The van der Waals surface area contributed by atoms with Crippen LogP contribution in [0, 0.1) is 0 Å². The molecule has 1 atom stereocenters. The lowest BCUT2D eigenvalue weighted by atomic mass is 10.00. The van der Waals surface area contributed by atoms with Crippen molar-refractivity contribution in [2.75, 3.05) is 25.4 Å². The van der Waals surface area contributed by atoms with Crippen molar-refractivity contribution in [2.24, 2.45) is 0 Å². The van der Waals surface area contributed by atoms with E-state index < -0.39 is 9.84 Å². The normalized spacial score (nSPS) is 17.1. The Balaban J connectivity index is 0.00000280. The third kappa shape index (κ3) is 4.74. The fourth-order valence-electron chi connectivity index (χ4n) is 3.36. The first-order valence-corrected chi connectivity index (χ1v) is 11.0. The lowest BCUT2D eigenvalue weighted by Gasteiger charge is -2.36. The molecule has 2 aromatic rings. The third-order valence-electron chi connectivity index (χ3n) is 5.12. The number of piperazine rings is 1. The SMILES string of the molecule is CCc1ccc(C2CNCCN2C(=O)c2ccc(S(=O)(=O)CC)cc2)cc1.Cl. The molecule has 1 aliphatic heterocycles. The number of carbonyl (C=O) groups is 1. The van der Waals surface area contributed by atoms with Crippen LogP contribution >= 0.6 is 12.4 Å². The Morgan fingerprint density at radius 1 is 1.07 bits per heavy atom. The highest BCUT2D eigenvalue weighted by atomic mass is 35.5.